The van der Waals surface area contributed by atoms with Crippen molar-refractivity contribution in [3.8, 4) is 11.3 Å². The van der Waals surface area contributed by atoms with Crippen molar-refractivity contribution in [2.45, 2.75) is 0 Å². The monoisotopic (exact) mass is 230 g/mol. The fourth-order valence-corrected chi connectivity index (χ4v) is 1.76. The summed E-state index contributed by atoms with van der Waals surface area (Å²) >= 11 is 0. The van der Waals surface area contributed by atoms with Crippen molar-refractivity contribution in [1.82, 2.24) is 0 Å². The number of hydrogen-bond acceptors (Lipinski definition) is 3. The molecule has 1 aromatic carbocycles. The zero-order chi connectivity index (χ0) is 11.8. The number of fused-ring (bicyclic) bond motifs is 1. The molecule has 4 heteroatoms. The van der Waals surface area contributed by atoms with E-state index in [1.807, 2.05) is 0 Å². The van der Waals surface area contributed by atoms with E-state index in [0.29, 0.717) is 28.6 Å². The van der Waals surface area contributed by atoms with Crippen LogP contribution in [0.1, 0.15) is 10.6 Å². The van der Waals surface area contributed by atoms with Gasteiger partial charge in [0.25, 0.3) is 0 Å². The molecule has 3 nitrogen and oxygen atoms in total. The zero-order valence-electron chi connectivity index (χ0n) is 8.64. The lowest BCUT2D eigenvalue weighted by atomic mass is 10.2. The Balaban J connectivity index is 2.21. The summed E-state index contributed by atoms with van der Waals surface area (Å²) in [6.07, 6.45) is 2.02. The van der Waals surface area contributed by atoms with Crippen LogP contribution in [0.25, 0.3) is 22.3 Å². The third-order valence-electron chi connectivity index (χ3n) is 2.55. The zero-order valence-corrected chi connectivity index (χ0v) is 8.64. The van der Waals surface area contributed by atoms with E-state index < -0.39 is 0 Å². The van der Waals surface area contributed by atoms with Crippen molar-refractivity contribution in [3.63, 3.8) is 0 Å². The number of rotatable bonds is 2. The van der Waals surface area contributed by atoms with Gasteiger partial charge >= 0.3 is 0 Å². The summed E-state index contributed by atoms with van der Waals surface area (Å²) in [6, 6.07) is 7.57. The van der Waals surface area contributed by atoms with Gasteiger partial charge in [0.05, 0.1) is 11.8 Å². The van der Waals surface area contributed by atoms with Crippen LogP contribution in [0.3, 0.4) is 0 Å². The number of carbonyl (C=O) groups is 1. The van der Waals surface area contributed by atoms with Gasteiger partial charge in [0.2, 0.25) is 0 Å². The average Bonchev–Trinajstić information content (AvgIpc) is 2.93. The van der Waals surface area contributed by atoms with Crippen LogP contribution in [-0.2, 0) is 0 Å². The molecule has 0 aliphatic carbocycles. The van der Waals surface area contributed by atoms with Gasteiger partial charge in [0.15, 0.2) is 12.0 Å². The minimum absolute atomic E-state index is 0.199. The molecular formula is C13H7FO3. The highest BCUT2D eigenvalue weighted by Gasteiger charge is 2.13. The number of carbonyl (C=O) groups excluding carboxylic acids is 1. The normalized spacial score (nSPS) is 10.9. The molecule has 0 saturated heterocycles. The second kappa shape index (κ2) is 3.59. The summed E-state index contributed by atoms with van der Waals surface area (Å²) in [6.45, 7) is 0. The molecular weight excluding hydrogens is 223 g/mol. The van der Waals surface area contributed by atoms with Gasteiger partial charge in [-0.15, -0.1) is 0 Å². The summed E-state index contributed by atoms with van der Waals surface area (Å²) < 4.78 is 23.5. The molecule has 0 aliphatic rings. The van der Waals surface area contributed by atoms with Gasteiger partial charge in [-0.1, -0.05) is 0 Å². The number of hydrogen-bond donors (Lipinski definition) is 0. The van der Waals surface area contributed by atoms with Gasteiger partial charge in [-0.05, 0) is 30.3 Å². The topological polar surface area (TPSA) is 43.4 Å². The van der Waals surface area contributed by atoms with Crippen LogP contribution in [0, 0.1) is 5.82 Å². The van der Waals surface area contributed by atoms with Gasteiger partial charge in [0.1, 0.15) is 17.2 Å². The molecule has 84 valence electrons. The summed E-state index contributed by atoms with van der Waals surface area (Å²) in [4.78, 5) is 10.7. The lowest BCUT2D eigenvalue weighted by Gasteiger charge is -1.90. The largest absolute Gasteiger partial charge is 0.461 e. The second-order valence-corrected chi connectivity index (χ2v) is 3.61. The average molecular weight is 230 g/mol. The highest BCUT2D eigenvalue weighted by atomic mass is 19.1. The molecule has 0 N–H and O–H groups in total. The number of benzene rings is 1. The minimum Gasteiger partial charge on any atom is -0.461 e. The Morgan fingerprint density at radius 3 is 2.88 bits per heavy atom. The summed E-state index contributed by atoms with van der Waals surface area (Å²) in [5, 5.41) is 0.651. The van der Waals surface area contributed by atoms with E-state index in [0.717, 1.165) is 0 Å². The molecule has 2 heterocycles. The number of furan rings is 2. The molecule has 3 aromatic rings. The minimum atomic E-state index is -0.326. The first-order chi connectivity index (χ1) is 8.28. The third-order valence-corrected chi connectivity index (χ3v) is 2.55. The molecule has 0 bridgehead atoms. The molecule has 0 unspecified atom stereocenters. The quantitative estimate of drug-likeness (QED) is 0.631. The molecule has 2 aromatic heterocycles. The number of halogens is 1. The van der Waals surface area contributed by atoms with E-state index >= 15 is 0 Å². The van der Waals surface area contributed by atoms with Crippen LogP contribution >= 0.6 is 0 Å². The van der Waals surface area contributed by atoms with Crippen molar-refractivity contribution in [2.75, 3.05) is 0 Å². The Morgan fingerprint density at radius 1 is 1.18 bits per heavy atom. The predicted octanol–water partition coefficient (Wildman–Crippen LogP) is 3.64. The molecule has 0 atom stereocenters. The fraction of sp³-hybridized carbons (Fsp3) is 0. The molecule has 0 fully saturated rings. The fourth-order valence-electron chi connectivity index (χ4n) is 1.76. The Morgan fingerprint density at radius 2 is 2.06 bits per heavy atom. The van der Waals surface area contributed by atoms with E-state index in [9.17, 15) is 9.18 Å². The third kappa shape index (κ3) is 1.54. The Hall–Kier alpha value is -2.36. The summed E-state index contributed by atoms with van der Waals surface area (Å²) in [5.74, 6) is 0.360. The van der Waals surface area contributed by atoms with Gasteiger partial charge in [0, 0.05) is 5.39 Å². The standard InChI is InChI=1S/C13H7FO3/c14-9-1-2-11-8(5-9)6-12(17-11)10-3-4-16-13(10)7-15/h1-7H. The molecule has 17 heavy (non-hydrogen) atoms. The SMILES string of the molecule is O=Cc1occc1-c1cc2cc(F)ccc2o1. The Bertz CT molecular complexity index is 694. The van der Waals surface area contributed by atoms with Gasteiger partial charge in [-0.3, -0.25) is 4.79 Å². The van der Waals surface area contributed by atoms with Gasteiger partial charge < -0.3 is 8.83 Å². The molecule has 0 spiro atoms. The first-order valence-electron chi connectivity index (χ1n) is 5.00. The molecule has 0 saturated carbocycles. The second-order valence-electron chi connectivity index (χ2n) is 3.61. The molecule has 0 aliphatic heterocycles. The van der Waals surface area contributed by atoms with Crippen molar-refractivity contribution in [2.24, 2.45) is 0 Å². The summed E-state index contributed by atoms with van der Waals surface area (Å²) in [7, 11) is 0. The van der Waals surface area contributed by atoms with Gasteiger partial charge in [-0.2, -0.15) is 0 Å². The maximum atomic E-state index is 13.0. The van der Waals surface area contributed by atoms with Crippen molar-refractivity contribution >= 4 is 17.3 Å². The smallest absolute Gasteiger partial charge is 0.186 e. The van der Waals surface area contributed by atoms with E-state index in [-0.39, 0.29) is 11.6 Å². The van der Waals surface area contributed by atoms with Crippen LogP contribution in [0.2, 0.25) is 0 Å². The van der Waals surface area contributed by atoms with E-state index in [4.69, 9.17) is 8.83 Å². The first-order valence-corrected chi connectivity index (χ1v) is 5.00. The van der Waals surface area contributed by atoms with Crippen LogP contribution in [-0.4, -0.2) is 6.29 Å². The maximum absolute atomic E-state index is 13.0. The summed E-state index contributed by atoms with van der Waals surface area (Å²) in [5.41, 5.74) is 1.14. The van der Waals surface area contributed by atoms with Crippen LogP contribution in [0.15, 0.2) is 45.4 Å². The molecule has 0 amide bonds. The predicted molar refractivity (Wildman–Crippen MR) is 59.3 cm³/mol. The number of aldehydes is 1. The lowest BCUT2D eigenvalue weighted by Crippen LogP contribution is -1.77. The van der Waals surface area contributed by atoms with Crippen molar-refractivity contribution in [1.29, 1.82) is 0 Å². The van der Waals surface area contributed by atoms with Crippen molar-refractivity contribution in [3.05, 3.63) is 48.2 Å². The Kier molecular flexibility index (Phi) is 2.08. The van der Waals surface area contributed by atoms with E-state index in [2.05, 4.69) is 0 Å². The van der Waals surface area contributed by atoms with Gasteiger partial charge in [-0.25, -0.2) is 4.39 Å². The van der Waals surface area contributed by atoms with E-state index in [1.54, 1.807) is 18.2 Å². The van der Waals surface area contributed by atoms with E-state index in [1.165, 1.54) is 18.4 Å². The lowest BCUT2D eigenvalue weighted by molar-refractivity contribution is 0.110. The molecule has 3 rings (SSSR count). The highest BCUT2D eigenvalue weighted by molar-refractivity contribution is 5.88. The van der Waals surface area contributed by atoms with Crippen LogP contribution in [0.4, 0.5) is 4.39 Å². The Labute approximate surface area is 95.5 Å². The highest BCUT2D eigenvalue weighted by Crippen LogP contribution is 2.30. The first kappa shape index (κ1) is 9.84. The van der Waals surface area contributed by atoms with Crippen LogP contribution in [0.5, 0.6) is 0 Å². The maximum Gasteiger partial charge on any atom is 0.186 e. The molecule has 0 radical (unpaired) electrons. The van der Waals surface area contributed by atoms with Crippen molar-refractivity contribution < 1.29 is 18.0 Å². The van der Waals surface area contributed by atoms with Crippen LogP contribution < -0.4 is 0 Å².